The van der Waals surface area contributed by atoms with Gasteiger partial charge in [0.05, 0.1) is 19.3 Å². The van der Waals surface area contributed by atoms with E-state index in [-0.39, 0.29) is 5.78 Å². The van der Waals surface area contributed by atoms with E-state index in [4.69, 9.17) is 9.47 Å². The number of aryl methyl sites for hydroxylation is 2. The Kier molecular flexibility index (Phi) is 3.65. The third-order valence-corrected chi connectivity index (χ3v) is 3.84. The highest BCUT2D eigenvalue weighted by atomic mass is 16.5. The number of benzene rings is 2. The lowest BCUT2D eigenvalue weighted by Crippen LogP contribution is -2.13. The standard InChI is InChI=1S/C18H18O3/c1-12-11-14(8-9-16(12)20-2)17(19)15-7-3-5-13-6-4-10-21-18(13)15/h3,5,7-9,11H,4,6,10H2,1-2H3. The van der Waals surface area contributed by atoms with E-state index < -0.39 is 0 Å². The lowest BCUT2D eigenvalue weighted by molar-refractivity contribution is 0.103. The minimum Gasteiger partial charge on any atom is -0.496 e. The molecule has 3 nitrogen and oxygen atoms in total. The highest BCUT2D eigenvalue weighted by Crippen LogP contribution is 2.31. The molecule has 0 N–H and O–H groups in total. The molecule has 1 aliphatic rings. The number of ether oxygens (including phenoxy) is 2. The first-order valence-electron chi connectivity index (χ1n) is 7.14. The van der Waals surface area contributed by atoms with Gasteiger partial charge in [-0.25, -0.2) is 0 Å². The number of hydrogen-bond acceptors (Lipinski definition) is 3. The summed E-state index contributed by atoms with van der Waals surface area (Å²) in [4.78, 5) is 12.7. The van der Waals surface area contributed by atoms with E-state index in [1.165, 1.54) is 0 Å². The third kappa shape index (κ3) is 2.51. The number of para-hydroxylation sites is 1. The molecule has 0 aliphatic carbocycles. The Balaban J connectivity index is 2.01. The normalized spacial score (nSPS) is 13.2. The molecule has 0 saturated carbocycles. The second-order valence-electron chi connectivity index (χ2n) is 5.26. The Hall–Kier alpha value is -2.29. The molecule has 2 aromatic carbocycles. The molecule has 0 unspecified atom stereocenters. The van der Waals surface area contributed by atoms with E-state index >= 15 is 0 Å². The second kappa shape index (κ2) is 5.60. The van der Waals surface area contributed by atoms with E-state index in [1.807, 2.05) is 37.3 Å². The summed E-state index contributed by atoms with van der Waals surface area (Å²) >= 11 is 0. The zero-order valence-electron chi connectivity index (χ0n) is 12.3. The molecule has 3 rings (SSSR count). The Morgan fingerprint density at radius 1 is 1.24 bits per heavy atom. The number of fused-ring (bicyclic) bond motifs is 1. The van der Waals surface area contributed by atoms with Crippen LogP contribution in [0.5, 0.6) is 11.5 Å². The summed E-state index contributed by atoms with van der Waals surface area (Å²) in [5.41, 5.74) is 3.39. The van der Waals surface area contributed by atoms with Gasteiger partial charge in [0.25, 0.3) is 0 Å². The molecule has 1 aliphatic heterocycles. The maximum Gasteiger partial charge on any atom is 0.196 e. The Labute approximate surface area is 124 Å². The molecule has 3 heteroatoms. The van der Waals surface area contributed by atoms with Crippen LogP contribution in [0.1, 0.15) is 33.5 Å². The van der Waals surface area contributed by atoms with Crippen LogP contribution in [0.25, 0.3) is 0 Å². The van der Waals surface area contributed by atoms with Crippen molar-refractivity contribution in [1.29, 1.82) is 0 Å². The van der Waals surface area contributed by atoms with Crippen molar-refractivity contribution in [3.8, 4) is 11.5 Å². The van der Waals surface area contributed by atoms with Gasteiger partial charge in [0.2, 0.25) is 0 Å². The van der Waals surface area contributed by atoms with Crippen molar-refractivity contribution in [3.63, 3.8) is 0 Å². The van der Waals surface area contributed by atoms with E-state index in [0.29, 0.717) is 17.7 Å². The van der Waals surface area contributed by atoms with Gasteiger partial charge < -0.3 is 9.47 Å². The summed E-state index contributed by atoms with van der Waals surface area (Å²) in [5, 5.41) is 0. The number of carbonyl (C=O) groups is 1. The molecule has 0 saturated heterocycles. The topological polar surface area (TPSA) is 35.5 Å². The van der Waals surface area contributed by atoms with Gasteiger partial charge in [0.1, 0.15) is 11.5 Å². The fourth-order valence-electron chi connectivity index (χ4n) is 2.74. The fraction of sp³-hybridized carbons (Fsp3) is 0.278. The first-order chi connectivity index (χ1) is 10.2. The quantitative estimate of drug-likeness (QED) is 0.807. The summed E-state index contributed by atoms with van der Waals surface area (Å²) in [6, 6.07) is 11.3. The molecule has 1 heterocycles. The van der Waals surface area contributed by atoms with Crippen molar-refractivity contribution in [2.75, 3.05) is 13.7 Å². The molecule has 0 amide bonds. The van der Waals surface area contributed by atoms with E-state index in [0.717, 1.165) is 35.5 Å². The van der Waals surface area contributed by atoms with E-state index in [9.17, 15) is 4.79 Å². The zero-order valence-corrected chi connectivity index (χ0v) is 12.3. The van der Waals surface area contributed by atoms with Crippen LogP contribution in [0.2, 0.25) is 0 Å². The van der Waals surface area contributed by atoms with Crippen LogP contribution in [0.3, 0.4) is 0 Å². The van der Waals surface area contributed by atoms with Crippen molar-refractivity contribution in [3.05, 3.63) is 58.7 Å². The first-order valence-corrected chi connectivity index (χ1v) is 7.14. The predicted octanol–water partition coefficient (Wildman–Crippen LogP) is 3.56. The summed E-state index contributed by atoms with van der Waals surface area (Å²) in [6.45, 7) is 2.62. The molecule has 108 valence electrons. The van der Waals surface area contributed by atoms with Gasteiger partial charge in [-0.2, -0.15) is 0 Å². The van der Waals surface area contributed by atoms with Crippen LogP contribution in [0, 0.1) is 6.92 Å². The number of carbonyl (C=O) groups excluding carboxylic acids is 1. The highest BCUT2D eigenvalue weighted by Gasteiger charge is 2.20. The van der Waals surface area contributed by atoms with E-state index in [2.05, 4.69) is 0 Å². The van der Waals surface area contributed by atoms with Gasteiger partial charge >= 0.3 is 0 Å². The summed E-state index contributed by atoms with van der Waals surface area (Å²) in [5.74, 6) is 1.54. The van der Waals surface area contributed by atoms with Gasteiger partial charge in [-0.05, 0) is 55.2 Å². The number of ketones is 1. The van der Waals surface area contributed by atoms with Gasteiger partial charge in [0.15, 0.2) is 5.78 Å². The highest BCUT2D eigenvalue weighted by molar-refractivity contribution is 6.11. The van der Waals surface area contributed by atoms with Crippen LogP contribution in [-0.2, 0) is 6.42 Å². The van der Waals surface area contributed by atoms with Crippen molar-refractivity contribution in [2.24, 2.45) is 0 Å². The largest absolute Gasteiger partial charge is 0.496 e. The molecule has 0 aromatic heterocycles. The lowest BCUT2D eigenvalue weighted by atomic mass is 9.96. The molecule has 0 radical (unpaired) electrons. The van der Waals surface area contributed by atoms with Crippen molar-refractivity contribution in [1.82, 2.24) is 0 Å². The van der Waals surface area contributed by atoms with Crippen molar-refractivity contribution in [2.45, 2.75) is 19.8 Å². The molecule has 2 aromatic rings. The lowest BCUT2D eigenvalue weighted by Gasteiger charge is -2.19. The molecular formula is C18H18O3. The molecular weight excluding hydrogens is 264 g/mol. The minimum absolute atomic E-state index is 0.000460. The third-order valence-electron chi connectivity index (χ3n) is 3.84. The summed E-state index contributed by atoms with van der Waals surface area (Å²) < 4.78 is 11.0. The van der Waals surface area contributed by atoms with Crippen molar-refractivity contribution < 1.29 is 14.3 Å². The molecule has 0 fully saturated rings. The average Bonchev–Trinajstić information content (AvgIpc) is 2.53. The van der Waals surface area contributed by atoms with Crippen LogP contribution < -0.4 is 9.47 Å². The van der Waals surface area contributed by atoms with Gasteiger partial charge in [-0.15, -0.1) is 0 Å². The molecule has 0 atom stereocenters. The Bertz CT molecular complexity index is 689. The minimum atomic E-state index is -0.000460. The van der Waals surface area contributed by atoms with E-state index in [1.54, 1.807) is 13.2 Å². The smallest absolute Gasteiger partial charge is 0.196 e. The van der Waals surface area contributed by atoms with Crippen LogP contribution in [0.4, 0.5) is 0 Å². The number of methoxy groups -OCH3 is 1. The van der Waals surface area contributed by atoms with Crippen molar-refractivity contribution >= 4 is 5.78 Å². The summed E-state index contributed by atoms with van der Waals surface area (Å²) in [7, 11) is 1.63. The predicted molar refractivity (Wildman–Crippen MR) is 81.4 cm³/mol. The van der Waals surface area contributed by atoms with Crippen LogP contribution in [0.15, 0.2) is 36.4 Å². The summed E-state index contributed by atoms with van der Waals surface area (Å²) in [6.07, 6.45) is 1.98. The van der Waals surface area contributed by atoms with Crippen LogP contribution in [-0.4, -0.2) is 19.5 Å². The molecule has 0 spiro atoms. The average molecular weight is 282 g/mol. The number of rotatable bonds is 3. The maximum absolute atomic E-state index is 12.7. The monoisotopic (exact) mass is 282 g/mol. The Morgan fingerprint density at radius 2 is 2.10 bits per heavy atom. The SMILES string of the molecule is COc1ccc(C(=O)c2cccc3c2OCCC3)cc1C. The first kappa shape index (κ1) is 13.7. The molecule has 0 bridgehead atoms. The maximum atomic E-state index is 12.7. The van der Waals surface area contributed by atoms with Gasteiger partial charge in [-0.3, -0.25) is 4.79 Å². The van der Waals surface area contributed by atoms with Crippen LogP contribution >= 0.6 is 0 Å². The van der Waals surface area contributed by atoms with Gasteiger partial charge in [0, 0.05) is 5.56 Å². The zero-order chi connectivity index (χ0) is 14.8. The van der Waals surface area contributed by atoms with Gasteiger partial charge in [-0.1, -0.05) is 12.1 Å². The second-order valence-corrected chi connectivity index (χ2v) is 5.26. The number of hydrogen-bond donors (Lipinski definition) is 0. The molecule has 21 heavy (non-hydrogen) atoms. The fourth-order valence-corrected chi connectivity index (χ4v) is 2.74. The Morgan fingerprint density at radius 3 is 2.86 bits per heavy atom.